The number of methoxy groups -OCH3 is 1. The van der Waals surface area contributed by atoms with Crippen LogP contribution in [0.5, 0.6) is 0 Å². The van der Waals surface area contributed by atoms with Crippen molar-refractivity contribution in [2.45, 2.75) is 25.8 Å². The molecule has 0 aliphatic rings. The molecular weight excluding hydrogens is 226 g/mol. The Balaban J connectivity index is 1.99. The summed E-state index contributed by atoms with van der Waals surface area (Å²) in [5.74, 6) is 0. The van der Waals surface area contributed by atoms with Gasteiger partial charge in [-0.1, -0.05) is 30.3 Å². The molecular formula is C15H25NO2. The van der Waals surface area contributed by atoms with Gasteiger partial charge in [0.15, 0.2) is 0 Å². The Bertz CT molecular complexity index is 290. The highest BCUT2D eigenvalue weighted by Gasteiger charge is 2.01. The zero-order valence-electron chi connectivity index (χ0n) is 11.5. The van der Waals surface area contributed by atoms with E-state index in [-0.39, 0.29) is 0 Å². The van der Waals surface area contributed by atoms with E-state index in [0.717, 1.165) is 26.0 Å². The zero-order valence-corrected chi connectivity index (χ0v) is 11.5. The number of nitrogens with one attached hydrogen (secondary N) is 1. The van der Waals surface area contributed by atoms with Gasteiger partial charge >= 0.3 is 0 Å². The lowest BCUT2D eigenvalue weighted by Gasteiger charge is -2.13. The maximum atomic E-state index is 5.40. The molecule has 1 aromatic carbocycles. The SMILES string of the molecule is COCCOCCNC(C)CCc1ccccc1. The molecule has 0 saturated heterocycles. The molecule has 0 spiro atoms. The van der Waals surface area contributed by atoms with Crippen LogP contribution in [0.15, 0.2) is 30.3 Å². The Kier molecular flexibility index (Phi) is 8.47. The molecule has 1 aromatic rings. The molecule has 3 heteroatoms. The molecule has 1 rings (SSSR count). The molecule has 0 amide bonds. The van der Waals surface area contributed by atoms with Crippen LogP contribution in [0.25, 0.3) is 0 Å². The molecule has 18 heavy (non-hydrogen) atoms. The van der Waals surface area contributed by atoms with Crippen LogP contribution < -0.4 is 5.32 Å². The molecule has 1 N–H and O–H groups in total. The first-order chi connectivity index (χ1) is 8.83. The number of aryl methyl sites for hydroxylation is 1. The maximum absolute atomic E-state index is 5.40. The lowest BCUT2D eigenvalue weighted by Crippen LogP contribution is -2.30. The topological polar surface area (TPSA) is 30.5 Å². The molecule has 0 saturated carbocycles. The number of rotatable bonds is 10. The normalized spacial score (nSPS) is 12.6. The molecule has 0 aliphatic carbocycles. The van der Waals surface area contributed by atoms with E-state index in [4.69, 9.17) is 9.47 Å². The highest BCUT2D eigenvalue weighted by atomic mass is 16.5. The van der Waals surface area contributed by atoms with Crippen molar-refractivity contribution >= 4 is 0 Å². The van der Waals surface area contributed by atoms with Crippen LogP contribution in [0, 0.1) is 0 Å². The van der Waals surface area contributed by atoms with Gasteiger partial charge in [0.2, 0.25) is 0 Å². The summed E-state index contributed by atoms with van der Waals surface area (Å²) >= 11 is 0. The third-order valence-corrected chi connectivity index (χ3v) is 2.88. The first-order valence-electron chi connectivity index (χ1n) is 6.67. The lowest BCUT2D eigenvalue weighted by atomic mass is 10.1. The maximum Gasteiger partial charge on any atom is 0.0700 e. The largest absolute Gasteiger partial charge is 0.382 e. The van der Waals surface area contributed by atoms with Crippen LogP contribution in [-0.2, 0) is 15.9 Å². The molecule has 0 aliphatic heterocycles. The number of hydrogen-bond acceptors (Lipinski definition) is 3. The summed E-state index contributed by atoms with van der Waals surface area (Å²) in [4.78, 5) is 0. The minimum absolute atomic E-state index is 0.524. The van der Waals surface area contributed by atoms with E-state index in [1.165, 1.54) is 5.56 Å². The fourth-order valence-electron chi connectivity index (χ4n) is 1.75. The molecule has 0 aromatic heterocycles. The van der Waals surface area contributed by atoms with E-state index in [1.807, 2.05) is 0 Å². The molecule has 0 bridgehead atoms. The van der Waals surface area contributed by atoms with Gasteiger partial charge in [0.05, 0.1) is 19.8 Å². The molecule has 102 valence electrons. The third-order valence-electron chi connectivity index (χ3n) is 2.88. The summed E-state index contributed by atoms with van der Waals surface area (Å²) in [6, 6.07) is 11.1. The van der Waals surface area contributed by atoms with Gasteiger partial charge in [-0.3, -0.25) is 0 Å². The minimum Gasteiger partial charge on any atom is -0.382 e. The summed E-state index contributed by atoms with van der Waals surface area (Å²) in [6.45, 7) is 5.22. The van der Waals surface area contributed by atoms with Crippen molar-refractivity contribution < 1.29 is 9.47 Å². The van der Waals surface area contributed by atoms with Gasteiger partial charge < -0.3 is 14.8 Å². The Hall–Kier alpha value is -0.900. The Morgan fingerprint density at radius 2 is 1.89 bits per heavy atom. The van der Waals surface area contributed by atoms with Gasteiger partial charge in [-0.25, -0.2) is 0 Å². The van der Waals surface area contributed by atoms with E-state index < -0.39 is 0 Å². The second-order valence-corrected chi connectivity index (χ2v) is 4.48. The van der Waals surface area contributed by atoms with Crippen LogP contribution >= 0.6 is 0 Å². The monoisotopic (exact) mass is 251 g/mol. The van der Waals surface area contributed by atoms with Crippen molar-refractivity contribution in [3.05, 3.63) is 35.9 Å². The molecule has 1 atom stereocenters. The number of benzene rings is 1. The Labute approximate surface area is 110 Å². The average Bonchev–Trinajstić information content (AvgIpc) is 2.41. The van der Waals surface area contributed by atoms with E-state index >= 15 is 0 Å². The second kappa shape index (κ2) is 10.1. The molecule has 1 unspecified atom stereocenters. The average molecular weight is 251 g/mol. The minimum atomic E-state index is 0.524. The van der Waals surface area contributed by atoms with Crippen LogP contribution in [0.1, 0.15) is 18.9 Å². The summed E-state index contributed by atoms with van der Waals surface area (Å²) in [5, 5.41) is 3.46. The van der Waals surface area contributed by atoms with Crippen molar-refractivity contribution in [2.75, 3.05) is 33.5 Å². The first-order valence-corrected chi connectivity index (χ1v) is 6.67. The smallest absolute Gasteiger partial charge is 0.0700 e. The molecule has 0 heterocycles. The molecule has 3 nitrogen and oxygen atoms in total. The van der Waals surface area contributed by atoms with Crippen LogP contribution in [-0.4, -0.2) is 39.5 Å². The second-order valence-electron chi connectivity index (χ2n) is 4.48. The van der Waals surface area contributed by atoms with Crippen molar-refractivity contribution in [1.29, 1.82) is 0 Å². The highest BCUT2D eigenvalue weighted by molar-refractivity contribution is 5.14. The van der Waals surface area contributed by atoms with Gasteiger partial charge in [0.25, 0.3) is 0 Å². The van der Waals surface area contributed by atoms with Crippen LogP contribution in [0.2, 0.25) is 0 Å². The summed E-state index contributed by atoms with van der Waals surface area (Å²) in [7, 11) is 1.69. The molecule has 0 radical (unpaired) electrons. The van der Waals surface area contributed by atoms with Crippen molar-refractivity contribution in [2.24, 2.45) is 0 Å². The van der Waals surface area contributed by atoms with Crippen LogP contribution in [0.3, 0.4) is 0 Å². The fourth-order valence-corrected chi connectivity index (χ4v) is 1.75. The summed E-state index contributed by atoms with van der Waals surface area (Å²) < 4.78 is 10.3. The number of ether oxygens (including phenoxy) is 2. The van der Waals surface area contributed by atoms with Gasteiger partial charge in [0.1, 0.15) is 0 Å². The zero-order chi connectivity index (χ0) is 13.1. The van der Waals surface area contributed by atoms with Gasteiger partial charge in [-0.05, 0) is 25.3 Å². The van der Waals surface area contributed by atoms with Gasteiger partial charge in [0, 0.05) is 19.7 Å². The lowest BCUT2D eigenvalue weighted by molar-refractivity contribution is 0.0711. The number of hydrogen-bond donors (Lipinski definition) is 1. The van der Waals surface area contributed by atoms with E-state index in [0.29, 0.717) is 19.3 Å². The summed E-state index contributed by atoms with van der Waals surface area (Å²) in [6.07, 6.45) is 2.28. The van der Waals surface area contributed by atoms with E-state index in [1.54, 1.807) is 7.11 Å². The van der Waals surface area contributed by atoms with Crippen molar-refractivity contribution in [1.82, 2.24) is 5.32 Å². The predicted molar refractivity (Wildman–Crippen MR) is 74.9 cm³/mol. The Morgan fingerprint density at radius 1 is 1.11 bits per heavy atom. The quantitative estimate of drug-likeness (QED) is 0.647. The summed E-state index contributed by atoms with van der Waals surface area (Å²) in [5.41, 5.74) is 1.41. The standard InChI is InChI=1S/C15H25NO2/c1-14(16-10-11-18-13-12-17-2)8-9-15-6-4-3-5-7-15/h3-7,14,16H,8-13H2,1-2H3. The Morgan fingerprint density at radius 3 is 2.61 bits per heavy atom. The van der Waals surface area contributed by atoms with E-state index in [9.17, 15) is 0 Å². The highest BCUT2D eigenvalue weighted by Crippen LogP contribution is 2.04. The van der Waals surface area contributed by atoms with Gasteiger partial charge in [-0.2, -0.15) is 0 Å². The third kappa shape index (κ3) is 7.43. The first kappa shape index (κ1) is 15.2. The predicted octanol–water partition coefficient (Wildman–Crippen LogP) is 2.26. The van der Waals surface area contributed by atoms with E-state index in [2.05, 4.69) is 42.6 Å². The van der Waals surface area contributed by atoms with Gasteiger partial charge in [-0.15, -0.1) is 0 Å². The van der Waals surface area contributed by atoms with Crippen LogP contribution in [0.4, 0.5) is 0 Å². The van der Waals surface area contributed by atoms with Crippen molar-refractivity contribution in [3.8, 4) is 0 Å². The molecule has 0 fully saturated rings. The van der Waals surface area contributed by atoms with Crippen molar-refractivity contribution in [3.63, 3.8) is 0 Å². The fraction of sp³-hybridized carbons (Fsp3) is 0.600.